The molecule has 2 aliphatic rings. The first-order valence-corrected chi connectivity index (χ1v) is 7.27. The van der Waals surface area contributed by atoms with E-state index in [1.165, 1.54) is 25.7 Å². The lowest BCUT2D eigenvalue weighted by molar-refractivity contribution is 0.0171. The first-order valence-electron chi connectivity index (χ1n) is 7.27. The summed E-state index contributed by atoms with van der Waals surface area (Å²) in [4.78, 5) is 6.85. The van der Waals surface area contributed by atoms with Crippen molar-refractivity contribution < 1.29 is 5.11 Å². The molecule has 3 rings (SSSR count). The van der Waals surface area contributed by atoms with Crippen molar-refractivity contribution in [3.05, 3.63) is 18.2 Å². The zero-order valence-corrected chi connectivity index (χ0v) is 11.0. The van der Waals surface area contributed by atoms with Crippen LogP contribution in [0.2, 0.25) is 0 Å². The zero-order chi connectivity index (χ0) is 12.4. The van der Waals surface area contributed by atoms with E-state index in [0.717, 1.165) is 38.3 Å². The average Bonchev–Trinajstić information content (AvgIpc) is 2.81. The molecule has 1 fully saturated rings. The molecule has 1 saturated carbocycles. The molecule has 0 saturated heterocycles. The van der Waals surface area contributed by atoms with Crippen LogP contribution in [0.1, 0.15) is 44.3 Å². The van der Waals surface area contributed by atoms with Crippen molar-refractivity contribution in [3.8, 4) is 0 Å². The number of fused-ring (bicyclic) bond motifs is 1. The van der Waals surface area contributed by atoms with Crippen molar-refractivity contribution in [1.82, 2.24) is 14.5 Å². The number of imidazole rings is 1. The Kier molecular flexibility index (Phi) is 3.66. The Morgan fingerprint density at radius 3 is 2.83 bits per heavy atom. The van der Waals surface area contributed by atoms with Gasteiger partial charge in [0, 0.05) is 31.5 Å². The van der Waals surface area contributed by atoms with Gasteiger partial charge in [0.2, 0.25) is 0 Å². The normalized spacial score (nSPS) is 30.5. The molecule has 1 aromatic heterocycles. The van der Waals surface area contributed by atoms with Gasteiger partial charge in [-0.3, -0.25) is 4.90 Å². The highest BCUT2D eigenvalue weighted by atomic mass is 16.3. The standard InChI is InChI=1S/C14H23N3O/c18-13-6-4-2-1-3-5-12(13)17-10-9-16-8-7-15-14(16)11-17/h7-8,12-13,18H,1-6,9-11H2. The Bertz CT molecular complexity index is 390. The van der Waals surface area contributed by atoms with E-state index in [9.17, 15) is 5.11 Å². The van der Waals surface area contributed by atoms with E-state index in [2.05, 4.69) is 20.6 Å². The van der Waals surface area contributed by atoms with Crippen LogP contribution in [-0.4, -0.2) is 38.2 Å². The minimum Gasteiger partial charge on any atom is -0.391 e. The van der Waals surface area contributed by atoms with Crippen LogP contribution in [-0.2, 0) is 13.1 Å². The van der Waals surface area contributed by atoms with Crippen molar-refractivity contribution in [1.29, 1.82) is 0 Å². The predicted octanol–water partition coefficient (Wildman–Crippen LogP) is 1.78. The maximum Gasteiger partial charge on any atom is 0.122 e. The smallest absolute Gasteiger partial charge is 0.122 e. The lowest BCUT2D eigenvalue weighted by atomic mass is 9.93. The van der Waals surface area contributed by atoms with Gasteiger partial charge in [0.05, 0.1) is 12.6 Å². The number of aliphatic hydroxyl groups excluding tert-OH is 1. The largest absolute Gasteiger partial charge is 0.391 e. The SMILES string of the molecule is OC1CCCCCCC1N1CCn2ccnc2C1. The second kappa shape index (κ2) is 5.41. The van der Waals surface area contributed by atoms with Crippen LogP contribution in [0.4, 0.5) is 0 Å². The van der Waals surface area contributed by atoms with Gasteiger partial charge in [0.1, 0.15) is 5.82 Å². The molecule has 4 heteroatoms. The van der Waals surface area contributed by atoms with Gasteiger partial charge in [-0.05, 0) is 12.8 Å². The molecule has 0 radical (unpaired) electrons. The fraction of sp³-hybridized carbons (Fsp3) is 0.786. The van der Waals surface area contributed by atoms with Crippen LogP contribution in [0.25, 0.3) is 0 Å². The molecule has 2 atom stereocenters. The Hall–Kier alpha value is -0.870. The molecule has 0 aromatic carbocycles. The minimum absolute atomic E-state index is 0.146. The lowest BCUT2D eigenvalue weighted by Gasteiger charge is -2.38. The molecule has 2 heterocycles. The van der Waals surface area contributed by atoms with Gasteiger partial charge in [0.25, 0.3) is 0 Å². The fourth-order valence-corrected chi connectivity index (χ4v) is 3.35. The predicted molar refractivity (Wildman–Crippen MR) is 70.1 cm³/mol. The molecule has 2 unspecified atom stereocenters. The van der Waals surface area contributed by atoms with Crippen LogP contribution in [0, 0.1) is 0 Å². The third kappa shape index (κ3) is 2.45. The van der Waals surface area contributed by atoms with Gasteiger partial charge in [-0.15, -0.1) is 0 Å². The number of hydrogen-bond acceptors (Lipinski definition) is 3. The van der Waals surface area contributed by atoms with E-state index in [0.29, 0.717) is 6.04 Å². The highest BCUT2D eigenvalue weighted by Gasteiger charge is 2.29. The van der Waals surface area contributed by atoms with Crippen LogP contribution >= 0.6 is 0 Å². The summed E-state index contributed by atoms with van der Waals surface area (Å²) in [5.41, 5.74) is 0. The molecule has 1 aromatic rings. The van der Waals surface area contributed by atoms with Crippen LogP contribution in [0.3, 0.4) is 0 Å². The van der Waals surface area contributed by atoms with Crippen molar-refractivity contribution in [2.45, 2.75) is 63.8 Å². The first kappa shape index (κ1) is 12.2. The molecular formula is C14H23N3O. The topological polar surface area (TPSA) is 41.3 Å². The number of nitrogens with zero attached hydrogens (tertiary/aromatic N) is 3. The van der Waals surface area contributed by atoms with Gasteiger partial charge < -0.3 is 9.67 Å². The van der Waals surface area contributed by atoms with Gasteiger partial charge in [-0.25, -0.2) is 4.98 Å². The van der Waals surface area contributed by atoms with Gasteiger partial charge in [-0.1, -0.05) is 25.7 Å². The highest BCUT2D eigenvalue weighted by Crippen LogP contribution is 2.24. The second-order valence-corrected chi connectivity index (χ2v) is 5.63. The third-order valence-corrected chi connectivity index (χ3v) is 4.44. The molecule has 0 amide bonds. The summed E-state index contributed by atoms with van der Waals surface area (Å²) >= 11 is 0. The number of aliphatic hydroxyl groups is 1. The summed E-state index contributed by atoms with van der Waals surface area (Å²) in [6, 6.07) is 0.343. The van der Waals surface area contributed by atoms with Crippen molar-refractivity contribution in [2.24, 2.45) is 0 Å². The Morgan fingerprint density at radius 1 is 1.11 bits per heavy atom. The summed E-state index contributed by atoms with van der Waals surface area (Å²) < 4.78 is 2.23. The highest BCUT2D eigenvalue weighted by molar-refractivity contribution is 4.97. The average molecular weight is 249 g/mol. The summed E-state index contributed by atoms with van der Waals surface area (Å²) in [6.45, 7) is 2.96. The number of rotatable bonds is 1. The van der Waals surface area contributed by atoms with Gasteiger partial charge >= 0.3 is 0 Å². The van der Waals surface area contributed by atoms with E-state index >= 15 is 0 Å². The molecule has 0 spiro atoms. The van der Waals surface area contributed by atoms with Crippen molar-refractivity contribution in [3.63, 3.8) is 0 Å². The molecular weight excluding hydrogens is 226 g/mol. The quantitative estimate of drug-likeness (QED) is 0.825. The number of hydrogen-bond donors (Lipinski definition) is 1. The van der Waals surface area contributed by atoms with E-state index < -0.39 is 0 Å². The molecule has 0 bridgehead atoms. The van der Waals surface area contributed by atoms with Gasteiger partial charge in [-0.2, -0.15) is 0 Å². The second-order valence-electron chi connectivity index (χ2n) is 5.63. The molecule has 1 aliphatic heterocycles. The van der Waals surface area contributed by atoms with Crippen molar-refractivity contribution >= 4 is 0 Å². The molecule has 100 valence electrons. The Balaban J connectivity index is 1.69. The molecule has 4 nitrogen and oxygen atoms in total. The maximum atomic E-state index is 10.4. The zero-order valence-electron chi connectivity index (χ0n) is 11.0. The molecule has 1 N–H and O–H groups in total. The summed E-state index contributed by atoms with van der Waals surface area (Å²) in [5, 5.41) is 10.4. The monoisotopic (exact) mass is 249 g/mol. The summed E-state index contributed by atoms with van der Waals surface area (Å²) in [5.74, 6) is 1.15. The lowest BCUT2D eigenvalue weighted by Crippen LogP contribution is -2.47. The van der Waals surface area contributed by atoms with Crippen LogP contribution in [0.5, 0.6) is 0 Å². The maximum absolute atomic E-state index is 10.4. The van der Waals surface area contributed by atoms with E-state index in [-0.39, 0.29) is 6.10 Å². The van der Waals surface area contributed by atoms with Gasteiger partial charge in [0.15, 0.2) is 0 Å². The van der Waals surface area contributed by atoms with Crippen LogP contribution < -0.4 is 0 Å². The van der Waals surface area contributed by atoms with Crippen molar-refractivity contribution in [2.75, 3.05) is 6.54 Å². The third-order valence-electron chi connectivity index (χ3n) is 4.44. The minimum atomic E-state index is -0.146. The summed E-state index contributed by atoms with van der Waals surface area (Å²) in [6.07, 6.45) is 10.9. The van der Waals surface area contributed by atoms with E-state index in [1.54, 1.807) is 0 Å². The summed E-state index contributed by atoms with van der Waals surface area (Å²) in [7, 11) is 0. The van der Waals surface area contributed by atoms with Crippen LogP contribution in [0.15, 0.2) is 12.4 Å². The Labute approximate surface area is 109 Å². The van der Waals surface area contributed by atoms with E-state index in [4.69, 9.17) is 0 Å². The number of aromatic nitrogens is 2. The first-order chi connectivity index (χ1) is 8.84. The van der Waals surface area contributed by atoms with E-state index in [1.807, 2.05) is 6.20 Å². The molecule has 18 heavy (non-hydrogen) atoms. The Morgan fingerprint density at radius 2 is 1.94 bits per heavy atom. The fourth-order valence-electron chi connectivity index (χ4n) is 3.35. The molecule has 1 aliphatic carbocycles.